The highest BCUT2D eigenvalue weighted by atomic mass is 19.1. The Morgan fingerprint density at radius 3 is 2.64 bits per heavy atom. The Morgan fingerprint density at radius 2 is 1.80 bits per heavy atom. The number of H-pyrrole nitrogens is 2. The highest BCUT2D eigenvalue weighted by Crippen LogP contribution is 2.32. The molecule has 0 radical (unpaired) electrons. The molecule has 0 aliphatic rings. The molecule has 0 atom stereocenters. The van der Waals surface area contributed by atoms with E-state index in [1.807, 2.05) is 44.4 Å². The number of rotatable bonds is 12. The maximum absolute atomic E-state index is 14.7. The molecule has 5 aromatic heterocycles. The van der Waals surface area contributed by atoms with Crippen molar-refractivity contribution in [3.05, 3.63) is 79.1 Å². The van der Waals surface area contributed by atoms with Crippen molar-refractivity contribution in [3.63, 3.8) is 0 Å². The summed E-state index contributed by atoms with van der Waals surface area (Å²) in [6.45, 7) is 7.80. The Hall–Kier alpha value is -5.16. The van der Waals surface area contributed by atoms with Gasteiger partial charge in [0.05, 0.1) is 34.3 Å². The van der Waals surface area contributed by atoms with Gasteiger partial charge in [0.2, 0.25) is 0 Å². The Bertz CT molecular complexity index is 1940. The molecule has 5 heterocycles. The number of anilines is 2. The summed E-state index contributed by atoms with van der Waals surface area (Å²) in [7, 11) is 3.99. The molecule has 0 fully saturated rings. The smallest absolute Gasteiger partial charge is 0.161 e. The fraction of sp³-hybridized carbons (Fsp3) is 0.242. The number of hydrogen-bond acceptors (Lipinski definition) is 8. The minimum absolute atomic E-state index is 0.349. The normalized spacial score (nSPS) is 11.5. The SMILES string of the molecule is C=C(CCCC)Nc1cncc(-c2ccc3[nH]nc(-c4nc5c(-c6cc(F)cc(NCCN(C)C)c6)nccc5[nH]4)c3n2)c1. The lowest BCUT2D eigenvalue weighted by Gasteiger charge is -2.12. The molecular weight excluding hydrogens is 555 g/mol. The van der Waals surface area contributed by atoms with E-state index in [2.05, 4.69) is 54.2 Å². The van der Waals surface area contributed by atoms with E-state index in [1.54, 1.807) is 18.6 Å². The van der Waals surface area contributed by atoms with Crippen LogP contribution in [0.1, 0.15) is 26.2 Å². The van der Waals surface area contributed by atoms with Gasteiger partial charge in [-0.15, -0.1) is 0 Å². The number of benzene rings is 1. The summed E-state index contributed by atoms with van der Waals surface area (Å²) >= 11 is 0. The molecule has 6 aromatic rings. The van der Waals surface area contributed by atoms with Crippen LogP contribution in [0.15, 0.2) is 73.3 Å². The molecule has 4 N–H and O–H groups in total. The first-order valence-corrected chi connectivity index (χ1v) is 14.7. The summed E-state index contributed by atoms with van der Waals surface area (Å²) in [5.74, 6) is 0.185. The highest BCUT2D eigenvalue weighted by Gasteiger charge is 2.18. The zero-order valence-corrected chi connectivity index (χ0v) is 25.1. The average Bonchev–Trinajstić information content (AvgIpc) is 3.63. The molecule has 0 bridgehead atoms. The summed E-state index contributed by atoms with van der Waals surface area (Å²) in [5, 5.41) is 14.3. The van der Waals surface area contributed by atoms with E-state index in [-0.39, 0.29) is 5.82 Å². The van der Waals surface area contributed by atoms with Gasteiger partial charge in [-0.25, -0.2) is 14.4 Å². The number of aromatic nitrogens is 7. The molecule has 10 nitrogen and oxygen atoms in total. The summed E-state index contributed by atoms with van der Waals surface area (Å²) in [5.41, 5.74) is 8.72. The molecule has 0 unspecified atom stereocenters. The van der Waals surface area contributed by atoms with Crippen LogP contribution in [0.2, 0.25) is 0 Å². The van der Waals surface area contributed by atoms with E-state index in [0.717, 1.165) is 59.5 Å². The number of unbranched alkanes of at least 4 members (excludes halogenated alkanes) is 1. The number of allylic oxidation sites excluding steroid dienone is 1. The Kier molecular flexibility index (Phi) is 8.29. The summed E-state index contributed by atoms with van der Waals surface area (Å²) < 4.78 is 14.7. The van der Waals surface area contributed by atoms with E-state index < -0.39 is 0 Å². The zero-order chi connectivity index (χ0) is 30.6. The monoisotopic (exact) mass is 590 g/mol. The maximum atomic E-state index is 14.7. The highest BCUT2D eigenvalue weighted by molar-refractivity contribution is 5.95. The first-order valence-electron chi connectivity index (χ1n) is 14.7. The van der Waals surface area contributed by atoms with Crippen molar-refractivity contribution >= 4 is 33.4 Å². The number of halogens is 1. The van der Waals surface area contributed by atoms with Gasteiger partial charge in [-0.2, -0.15) is 5.10 Å². The van der Waals surface area contributed by atoms with Crippen LogP contribution >= 0.6 is 0 Å². The maximum Gasteiger partial charge on any atom is 0.161 e. The van der Waals surface area contributed by atoms with Gasteiger partial charge in [0.15, 0.2) is 11.5 Å². The lowest BCUT2D eigenvalue weighted by molar-refractivity contribution is 0.425. The first kappa shape index (κ1) is 28.9. The number of hydrogen-bond donors (Lipinski definition) is 4. The van der Waals surface area contributed by atoms with Crippen molar-refractivity contribution in [3.8, 4) is 34.0 Å². The van der Waals surface area contributed by atoms with E-state index in [9.17, 15) is 4.39 Å². The standard InChI is InChI=1S/C33H35FN10/c1-5-6-7-20(2)38-25-16-22(18-35-19-25)26-8-9-28-31(39-26)32(43-42-28)33-40-27-10-11-37-29(30(27)41-33)21-14-23(34)17-24(15-21)36-12-13-44(3)4/h8-11,14-19,36,38H,2,5-7,12-13H2,1,3-4H3,(H,40,41)(H,42,43). The third-order valence-corrected chi connectivity index (χ3v) is 7.28. The van der Waals surface area contributed by atoms with Crippen molar-refractivity contribution < 1.29 is 4.39 Å². The predicted molar refractivity (Wildman–Crippen MR) is 175 cm³/mol. The molecule has 0 saturated heterocycles. The summed E-state index contributed by atoms with van der Waals surface area (Å²) in [4.78, 5) is 24.2. The molecule has 0 spiro atoms. The van der Waals surface area contributed by atoms with Gasteiger partial charge in [-0.3, -0.25) is 15.1 Å². The Balaban J connectivity index is 1.33. The van der Waals surface area contributed by atoms with Crippen LogP contribution in [0.5, 0.6) is 0 Å². The molecule has 0 saturated carbocycles. The second kappa shape index (κ2) is 12.6. The fourth-order valence-electron chi connectivity index (χ4n) is 5.04. The van der Waals surface area contributed by atoms with Crippen molar-refractivity contribution in [2.75, 3.05) is 37.8 Å². The van der Waals surface area contributed by atoms with E-state index in [1.165, 1.54) is 12.1 Å². The van der Waals surface area contributed by atoms with Crippen LogP contribution in [0.3, 0.4) is 0 Å². The Labute approximate surface area is 254 Å². The molecular formula is C33H35FN10. The molecule has 224 valence electrons. The van der Waals surface area contributed by atoms with Crippen molar-refractivity contribution in [2.45, 2.75) is 26.2 Å². The molecule has 0 amide bonds. The number of pyridine rings is 3. The fourth-order valence-corrected chi connectivity index (χ4v) is 5.04. The second-order valence-electron chi connectivity index (χ2n) is 11.1. The first-order chi connectivity index (χ1) is 21.4. The lowest BCUT2D eigenvalue weighted by atomic mass is 10.1. The quantitative estimate of drug-likeness (QED) is 0.122. The van der Waals surface area contributed by atoms with Gasteiger partial charge in [0.1, 0.15) is 16.9 Å². The van der Waals surface area contributed by atoms with E-state index in [0.29, 0.717) is 46.0 Å². The van der Waals surface area contributed by atoms with Gasteiger partial charge >= 0.3 is 0 Å². The van der Waals surface area contributed by atoms with Gasteiger partial charge in [0, 0.05) is 48.0 Å². The number of fused-ring (bicyclic) bond motifs is 2. The van der Waals surface area contributed by atoms with E-state index in [4.69, 9.17) is 9.97 Å². The third kappa shape index (κ3) is 6.28. The van der Waals surface area contributed by atoms with Crippen LogP contribution in [0.25, 0.3) is 56.1 Å². The van der Waals surface area contributed by atoms with Gasteiger partial charge in [-0.1, -0.05) is 19.9 Å². The summed E-state index contributed by atoms with van der Waals surface area (Å²) in [6.07, 6.45) is 8.36. The molecule has 0 aliphatic carbocycles. The van der Waals surface area contributed by atoms with E-state index >= 15 is 0 Å². The summed E-state index contributed by atoms with van der Waals surface area (Å²) in [6, 6.07) is 12.6. The van der Waals surface area contributed by atoms with Crippen LogP contribution in [0.4, 0.5) is 15.8 Å². The molecule has 0 aliphatic heterocycles. The van der Waals surface area contributed by atoms with Crippen molar-refractivity contribution in [1.82, 2.24) is 40.0 Å². The number of nitrogens with one attached hydrogen (secondary N) is 4. The molecule has 6 rings (SSSR count). The molecule has 1 aromatic carbocycles. The van der Waals surface area contributed by atoms with Crippen LogP contribution in [0, 0.1) is 5.82 Å². The van der Waals surface area contributed by atoms with Crippen molar-refractivity contribution in [1.29, 1.82) is 0 Å². The van der Waals surface area contributed by atoms with Gasteiger partial charge < -0.3 is 20.5 Å². The Morgan fingerprint density at radius 1 is 0.955 bits per heavy atom. The third-order valence-electron chi connectivity index (χ3n) is 7.28. The van der Waals surface area contributed by atoms with Crippen LogP contribution in [-0.2, 0) is 0 Å². The van der Waals surface area contributed by atoms with Crippen LogP contribution < -0.4 is 10.6 Å². The molecule has 11 heteroatoms. The number of aromatic amines is 2. The number of imidazole rings is 1. The average molecular weight is 591 g/mol. The van der Waals surface area contributed by atoms with Gasteiger partial charge in [0.25, 0.3) is 0 Å². The lowest BCUT2D eigenvalue weighted by Crippen LogP contribution is -2.20. The number of nitrogens with zero attached hydrogens (tertiary/aromatic N) is 6. The van der Waals surface area contributed by atoms with Crippen molar-refractivity contribution in [2.24, 2.45) is 0 Å². The predicted octanol–water partition coefficient (Wildman–Crippen LogP) is 6.85. The second-order valence-corrected chi connectivity index (χ2v) is 11.1. The topological polar surface area (TPSA) is 123 Å². The minimum atomic E-state index is -0.349. The minimum Gasteiger partial charge on any atom is -0.384 e. The largest absolute Gasteiger partial charge is 0.384 e. The zero-order valence-electron chi connectivity index (χ0n) is 25.1. The van der Waals surface area contributed by atoms with Gasteiger partial charge in [-0.05, 0) is 69.4 Å². The number of likely N-dealkylation sites (N-methyl/N-ethyl adjacent to an activating group) is 1. The molecule has 44 heavy (non-hydrogen) atoms. The van der Waals surface area contributed by atoms with Crippen LogP contribution in [-0.4, -0.2) is 67.2 Å².